The molecule has 0 aliphatic carbocycles. The molecule has 1 saturated heterocycles. The molecule has 1 fully saturated rings. The molecule has 2 heterocycles. The smallest absolute Gasteiger partial charge is 0.258 e. The fourth-order valence-electron chi connectivity index (χ4n) is 2.99. The van der Waals surface area contributed by atoms with E-state index in [1.54, 1.807) is 23.5 Å². The SMILES string of the molecule is CCOc1ccc(OCC(=O)NCC(c2cccs2)N2CCOCC2)cc1. The molecule has 1 aromatic carbocycles. The lowest BCUT2D eigenvalue weighted by atomic mass is 10.2. The number of carbonyl (C=O) groups is 1. The second-order valence-electron chi connectivity index (χ2n) is 6.18. The van der Waals surface area contributed by atoms with Crippen LogP contribution in [0, 0.1) is 0 Å². The maximum Gasteiger partial charge on any atom is 0.258 e. The molecule has 1 unspecified atom stereocenters. The zero-order valence-corrected chi connectivity index (χ0v) is 16.4. The molecule has 2 aromatic rings. The van der Waals surface area contributed by atoms with E-state index in [0.29, 0.717) is 18.9 Å². The minimum absolute atomic E-state index is 0.00570. The molecule has 6 nitrogen and oxygen atoms in total. The number of amides is 1. The van der Waals surface area contributed by atoms with Crippen molar-refractivity contribution in [2.24, 2.45) is 0 Å². The van der Waals surface area contributed by atoms with Crippen LogP contribution in [-0.2, 0) is 9.53 Å². The first-order valence-corrected chi connectivity index (χ1v) is 10.1. The molecule has 1 atom stereocenters. The molecule has 1 N–H and O–H groups in total. The largest absolute Gasteiger partial charge is 0.494 e. The maximum absolute atomic E-state index is 12.2. The Hall–Kier alpha value is -2.09. The lowest BCUT2D eigenvalue weighted by Crippen LogP contribution is -2.44. The zero-order valence-electron chi connectivity index (χ0n) is 15.6. The van der Waals surface area contributed by atoms with Crippen molar-refractivity contribution in [3.63, 3.8) is 0 Å². The number of hydrogen-bond acceptors (Lipinski definition) is 6. The van der Waals surface area contributed by atoms with Crippen molar-refractivity contribution in [1.29, 1.82) is 0 Å². The average molecular weight is 391 g/mol. The monoisotopic (exact) mass is 390 g/mol. The molecule has 0 radical (unpaired) electrons. The number of ether oxygens (including phenoxy) is 3. The van der Waals surface area contributed by atoms with E-state index in [1.807, 2.05) is 25.1 Å². The lowest BCUT2D eigenvalue weighted by molar-refractivity contribution is -0.123. The first kappa shape index (κ1) is 19.7. The van der Waals surface area contributed by atoms with E-state index < -0.39 is 0 Å². The minimum Gasteiger partial charge on any atom is -0.494 e. The lowest BCUT2D eigenvalue weighted by Gasteiger charge is -2.34. The molecule has 27 heavy (non-hydrogen) atoms. The number of rotatable bonds is 9. The number of benzene rings is 1. The molecular weight excluding hydrogens is 364 g/mol. The van der Waals surface area contributed by atoms with Crippen molar-refractivity contribution in [3.05, 3.63) is 46.7 Å². The van der Waals surface area contributed by atoms with Gasteiger partial charge in [0.05, 0.1) is 25.9 Å². The highest BCUT2D eigenvalue weighted by molar-refractivity contribution is 7.10. The quantitative estimate of drug-likeness (QED) is 0.713. The fourth-order valence-corrected chi connectivity index (χ4v) is 3.85. The normalized spacial score (nSPS) is 15.9. The second kappa shape index (κ2) is 10.3. The summed E-state index contributed by atoms with van der Waals surface area (Å²) in [5.74, 6) is 1.31. The summed E-state index contributed by atoms with van der Waals surface area (Å²) in [5.41, 5.74) is 0. The molecule has 146 valence electrons. The second-order valence-corrected chi connectivity index (χ2v) is 7.16. The summed E-state index contributed by atoms with van der Waals surface area (Å²) in [6.07, 6.45) is 0. The van der Waals surface area contributed by atoms with Gasteiger partial charge in [0.1, 0.15) is 11.5 Å². The molecule has 1 amide bonds. The van der Waals surface area contributed by atoms with Gasteiger partial charge in [-0.2, -0.15) is 0 Å². The summed E-state index contributed by atoms with van der Waals surface area (Å²) >= 11 is 1.71. The van der Waals surface area contributed by atoms with Crippen molar-refractivity contribution in [3.8, 4) is 11.5 Å². The predicted molar refractivity (Wildman–Crippen MR) is 106 cm³/mol. The molecule has 0 saturated carbocycles. The van der Waals surface area contributed by atoms with Crippen LogP contribution >= 0.6 is 11.3 Å². The molecule has 0 bridgehead atoms. The molecule has 1 aromatic heterocycles. The molecule has 7 heteroatoms. The van der Waals surface area contributed by atoms with Gasteiger partial charge < -0.3 is 19.5 Å². The van der Waals surface area contributed by atoms with Gasteiger partial charge in [-0.15, -0.1) is 11.3 Å². The fraction of sp³-hybridized carbons (Fsp3) is 0.450. The Morgan fingerprint density at radius 3 is 2.52 bits per heavy atom. The van der Waals surface area contributed by atoms with Gasteiger partial charge in [0, 0.05) is 24.5 Å². The number of thiophene rings is 1. The van der Waals surface area contributed by atoms with Gasteiger partial charge >= 0.3 is 0 Å². The van der Waals surface area contributed by atoms with Gasteiger partial charge in [0.2, 0.25) is 0 Å². The van der Waals surface area contributed by atoms with Crippen molar-refractivity contribution >= 4 is 17.2 Å². The third-order valence-electron chi connectivity index (χ3n) is 4.36. The van der Waals surface area contributed by atoms with Crippen LogP contribution < -0.4 is 14.8 Å². The highest BCUT2D eigenvalue weighted by atomic mass is 32.1. The summed E-state index contributed by atoms with van der Waals surface area (Å²) in [4.78, 5) is 15.9. The predicted octanol–water partition coefficient (Wildman–Crippen LogP) is 2.72. The highest BCUT2D eigenvalue weighted by Gasteiger charge is 2.23. The number of carbonyl (C=O) groups excluding carboxylic acids is 1. The van der Waals surface area contributed by atoms with Gasteiger partial charge in [0.15, 0.2) is 6.61 Å². The standard InChI is InChI=1S/C20H26N2O4S/c1-2-25-16-5-7-17(8-6-16)26-15-20(23)21-14-18(19-4-3-13-27-19)22-9-11-24-12-10-22/h3-8,13,18H,2,9-12,14-15H2,1H3,(H,21,23). The van der Waals surface area contributed by atoms with E-state index in [1.165, 1.54) is 4.88 Å². The topological polar surface area (TPSA) is 60.0 Å². The van der Waals surface area contributed by atoms with Crippen LogP contribution in [0.3, 0.4) is 0 Å². The summed E-state index contributed by atoms with van der Waals surface area (Å²) in [6, 6.07) is 11.6. The average Bonchev–Trinajstić information content (AvgIpc) is 3.23. The van der Waals surface area contributed by atoms with Gasteiger partial charge in [-0.3, -0.25) is 9.69 Å². The van der Waals surface area contributed by atoms with Crippen LogP contribution in [0.4, 0.5) is 0 Å². The Labute approximate surface area is 164 Å². The highest BCUT2D eigenvalue weighted by Crippen LogP contribution is 2.25. The summed E-state index contributed by atoms with van der Waals surface area (Å²) < 4.78 is 16.4. The van der Waals surface area contributed by atoms with Gasteiger partial charge in [-0.05, 0) is 42.6 Å². The first-order valence-electron chi connectivity index (χ1n) is 9.24. The number of hydrogen-bond donors (Lipinski definition) is 1. The van der Waals surface area contributed by atoms with Crippen molar-refractivity contribution in [1.82, 2.24) is 10.2 Å². The van der Waals surface area contributed by atoms with Crippen molar-refractivity contribution in [2.75, 3.05) is 46.1 Å². The van der Waals surface area contributed by atoms with Crippen LogP contribution in [0.5, 0.6) is 11.5 Å². The number of nitrogens with zero attached hydrogens (tertiary/aromatic N) is 1. The van der Waals surface area contributed by atoms with Gasteiger partial charge in [-0.1, -0.05) is 6.07 Å². The summed E-state index contributed by atoms with van der Waals surface area (Å²) in [7, 11) is 0. The van der Waals surface area contributed by atoms with Crippen LogP contribution in [0.25, 0.3) is 0 Å². The van der Waals surface area contributed by atoms with Crippen LogP contribution in [-0.4, -0.2) is 56.9 Å². The minimum atomic E-state index is -0.126. The van der Waals surface area contributed by atoms with Crippen LogP contribution in [0.1, 0.15) is 17.8 Å². The van der Waals surface area contributed by atoms with Crippen molar-refractivity contribution in [2.45, 2.75) is 13.0 Å². The molecule has 1 aliphatic rings. The molecule has 0 spiro atoms. The van der Waals surface area contributed by atoms with E-state index in [-0.39, 0.29) is 18.6 Å². The van der Waals surface area contributed by atoms with E-state index >= 15 is 0 Å². The Balaban J connectivity index is 1.48. The summed E-state index contributed by atoms with van der Waals surface area (Å²) in [5, 5.41) is 5.07. The number of nitrogens with one attached hydrogen (secondary N) is 1. The maximum atomic E-state index is 12.2. The van der Waals surface area contributed by atoms with Crippen molar-refractivity contribution < 1.29 is 19.0 Å². The number of morpholine rings is 1. The molecule has 1 aliphatic heterocycles. The Morgan fingerprint density at radius 2 is 1.89 bits per heavy atom. The van der Waals surface area contributed by atoms with Crippen LogP contribution in [0.15, 0.2) is 41.8 Å². The van der Waals surface area contributed by atoms with Crippen LogP contribution in [0.2, 0.25) is 0 Å². The Morgan fingerprint density at radius 1 is 1.19 bits per heavy atom. The molecular formula is C20H26N2O4S. The van der Waals surface area contributed by atoms with E-state index in [9.17, 15) is 4.79 Å². The summed E-state index contributed by atoms with van der Waals surface area (Å²) in [6.45, 7) is 6.34. The third-order valence-corrected chi connectivity index (χ3v) is 5.33. The zero-order chi connectivity index (χ0) is 18.9. The van der Waals surface area contributed by atoms with E-state index in [2.05, 4.69) is 21.7 Å². The first-order chi connectivity index (χ1) is 13.3. The third kappa shape index (κ3) is 5.95. The Kier molecular flexibility index (Phi) is 7.50. The van der Waals surface area contributed by atoms with Gasteiger partial charge in [-0.25, -0.2) is 0 Å². The van der Waals surface area contributed by atoms with E-state index in [4.69, 9.17) is 14.2 Å². The molecule has 3 rings (SSSR count). The van der Waals surface area contributed by atoms with E-state index in [0.717, 1.165) is 32.1 Å². The Bertz CT molecular complexity index is 685. The van der Waals surface area contributed by atoms with Gasteiger partial charge in [0.25, 0.3) is 5.91 Å².